The molecule has 2 aromatic rings. The van der Waals surface area contributed by atoms with Crippen LogP contribution in [0.3, 0.4) is 0 Å². The van der Waals surface area contributed by atoms with Gasteiger partial charge in [-0.05, 0) is 19.1 Å². The van der Waals surface area contributed by atoms with Crippen molar-refractivity contribution in [3.8, 4) is 17.1 Å². The summed E-state index contributed by atoms with van der Waals surface area (Å²) in [6, 6.07) is 6.78. The van der Waals surface area contributed by atoms with Crippen LogP contribution >= 0.6 is 0 Å². The number of nitrogens with zero attached hydrogens (tertiary/aromatic N) is 3. The molecule has 0 aliphatic rings. The molecule has 120 valence electrons. The second-order valence-corrected chi connectivity index (χ2v) is 4.84. The Morgan fingerprint density at radius 3 is 2.83 bits per heavy atom. The molecule has 0 aliphatic heterocycles. The number of benzene rings is 1. The van der Waals surface area contributed by atoms with Gasteiger partial charge in [0.05, 0.1) is 12.2 Å². The molecule has 1 heterocycles. The number of phenolic OH excluding ortho intramolecular Hbond substituents is 1. The Balaban J connectivity index is 2.53. The first-order valence-electron chi connectivity index (χ1n) is 7.23. The van der Waals surface area contributed by atoms with Crippen molar-refractivity contribution in [1.29, 1.82) is 0 Å². The fourth-order valence-corrected chi connectivity index (χ4v) is 2.09. The van der Waals surface area contributed by atoms with Gasteiger partial charge in [0.15, 0.2) is 5.82 Å². The zero-order chi connectivity index (χ0) is 16.8. The summed E-state index contributed by atoms with van der Waals surface area (Å²) in [4.78, 5) is 22.5. The van der Waals surface area contributed by atoms with E-state index < -0.39 is 5.97 Å². The van der Waals surface area contributed by atoms with Crippen LogP contribution in [0.2, 0.25) is 0 Å². The quantitative estimate of drug-likeness (QED) is 0.653. The van der Waals surface area contributed by atoms with Crippen molar-refractivity contribution in [2.24, 2.45) is 0 Å². The van der Waals surface area contributed by atoms with Crippen molar-refractivity contribution in [3.63, 3.8) is 0 Å². The van der Waals surface area contributed by atoms with Crippen LogP contribution in [0.15, 0.2) is 43.1 Å². The van der Waals surface area contributed by atoms with Gasteiger partial charge in [0.25, 0.3) is 0 Å². The molecule has 0 bridgehead atoms. The summed E-state index contributed by atoms with van der Waals surface area (Å²) < 4.78 is 5.05. The van der Waals surface area contributed by atoms with Crippen LogP contribution in [-0.2, 0) is 4.74 Å². The van der Waals surface area contributed by atoms with Gasteiger partial charge in [-0.2, -0.15) is 0 Å². The second-order valence-electron chi connectivity index (χ2n) is 4.84. The van der Waals surface area contributed by atoms with Gasteiger partial charge < -0.3 is 14.7 Å². The van der Waals surface area contributed by atoms with E-state index in [0.717, 1.165) is 0 Å². The van der Waals surface area contributed by atoms with Gasteiger partial charge in [0.2, 0.25) is 0 Å². The summed E-state index contributed by atoms with van der Waals surface area (Å²) in [5, 5.41) is 9.96. The molecule has 0 saturated heterocycles. The highest BCUT2D eigenvalue weighted by Crippen LogP contribution is 2.28. The van der Waals surface area contributed by atoms with Crippen LogP contribution in [0.1, 0.15) is 17.3 Å². The Bertz CT molecular complexity index is 716. The summed E-state index contributed by atoms with van der Waals surface area (Å²) in [5.74, 6) is 0.356. The lowest BCUT2D eigenvalue weighted by molar-refractivity contribution is 0.0526. The first kappa shape index (κ1) is 16.5. The van der Waals surface area contributed by atoms with Crippen LogP contribution in [0.4, 0.5) is 5.82 Å². The Morgan fingerprint density at radius 1 is 1.43 bits per heavy atom. The third kappa shape index (κ3) is 3.66. The van der Waals surface area contributed by atoms with Gasteiger partial charge in [-0.1, -0.05) is 18.2 Å². The molecule has 1 N–H and O–H groups in total. The molecule has 23 heavy (non-hydrogen) atoms. The smallest absolute Gasteiger partial charge is 0.343 e. The van der Waals surface area contributed by atoms with Crippen molar-refractivity contribution in [1.82, 2.24) is 9.97 Å². The highest BCUT2D eigenvalue weighted by atomic mass is 16.5. The fourth-order valence-electron chi connectivity index (χ4n) is 2.09. The number of ether oxygens (including phenoxy) is 1. The molecular formula is C17H19N3O3. The summed E-state index contributed by atoms with van der Waals surface area (Å²) >= 11 is 0. The van der Waals surface area contributed by atoms with Crippen LogP contribution < -0.4 is 4.90 Å². The molecule has 0 aliphatic carbocycles. The minimum absolute atomic E-state index is 0.0775. The standard InChI is InChI=1S/C17H19N3O3/c1-4-10-20(3)16-13(17(22)23-5-2)11-18-15(19-16)12-8-6-7-9-14(12)21/h4,6-9,11,21H,1,5,10H2,2-3H3. The molecule has 6 nitrogen and oxygen atoms in total. The first-order chi connectivity index (χ1) is 11.1. The lowest BCUT2D eigenvalue weighted by Gasteiger charge is -2.19. The van der Waals surface area contributed by atoms with E-state index in [-0.39, 0.29) is 17.9 Å². The largest absolute Gasteiger partial charge is 0.507 e. The number of anilines is 1. The average Bonchev–Trinajstić information content (AvgIpc) is 2.55. The number of para-hydroxylation sites is 1. The molecule has 0 radical (unpaired) electrons. The van der Waals surface area contributed by atoms with Crippen molar-refractivity contribution >= 4 is 11.8 Å². The lowest BCUT2D eigenvalue weighted by Crippen LogP contribution is -2.22. The fraction of sp³-hybridized carbons (Fsp3) is 0.235. The molecule has 1 aromatic heterocycles. The molecule has 1 aromatic carbocycles. The highest BCUT2D eigenvalue weighted by molar-refractivity contribution is 5.94. The Kier molecular flexibility index (Phi) is 5.30. The summed E-state index contributed by atoms with van der Waals surface area (Å²) in [6.45, 7) is 6.20. The van der Waals surface area contributed by atoms with Crippen LogP contribution in [0.5, 0.6) is 5.75 Å². The number of phenols is 1. The molecule has 2 rings (SSSR count). The van der Waals surface area contributed by atoms with E-state index >= 15 is 0 Å². The number of rotatable bonds is 6. The Morgan fingerprint density at radius 2 is 2.17 bits per heavy atom. The minimum atomic E-state index is -0.484. The molecule has 0 atom stereocenters. The Labute approximate surface area is 135 Å². The van der Waals surface area contributed by atoms with Gasteiger partial charge in [-0.15, -0.1) is 6.58 Å². The van der Waals surface area contributed by atoms with E-state index in [1.165, 1.54) is 6.20 Å². The predicted molar refractivity (Wildman–Crippen MR) is 88.6 cm³/mol. The van der Waals surface area contributed by atoms with Gasteiger partial charge in [-0.3, -0.25) is 0 Å². The third-order valence-corrected chi connectivity index (χ3v) is 3.17. The van der Waals surface area contributed by atoms with Gasteiger partial charge in [-0.25, -0.2) is 14.8 Å². The maximum absolute atomic E-state index is 12.1. The zero-order valence-electron chi connectivity index (χ0n) is 13.2. The van der Waals surface area contributed by atoms with Crippen molar-refractivity contribution in [2.45, 2.75) is 6.92 Å². The molecule has 0 spiro atoms. The number of esters is 1. The molecule has 0 amide bonds. The number of carbonyl (C=O) groups is 1. The third-order valence-electron chi connectivity index (χ3n) is 3.17. The second kappa shape index (κ2) is 7.40. The topological polar surface area (TPSA) is 75.5 Å². The van der Waals surface area contributed by atoms with E-state index in [2.05, 4.69) is 16.5 Å². The number of hydrogen-bond donors (Lipinski definition) is 1. The molecule has 0 fully saturated rings. The van der Waals surface area contributed by atoms with Crippen molar-refractivity contribution in [3.05, 3.63) is 48.7 Å². The van der Waals surface area contributed by atoms with E-state index in [1.54, 1.807) is 49.2 Å². The van der Waals surface area contributed by atoms with Crippen molar-refractivity contribution in [2.75, 3.05) is 25.1 Å². The molecule has 0 unspecified atom stereocenters. The van der Waals surface area contributed by atoms with Crippen molar-refractivity contribution < 1.29 is 14.6 Å². The first-order valence-corrected chi connectivity index (χ1v) is 7.23. The molecule has 6 heteroatoms. The maximum atomic E-state index is 12.1. The van der Waals surface area contributed by atoms with Crippen LogP contribution in [-0.4, -0.2) is 41.2 Å². The van der Waals surface area contributed by atoms with E-state index in [4.69, 9.17) is 4.74 Å². The summed E-state index contributed by atoms with van der Waals surface area (Å²) in [5.41, 5.74) is 0.770. The maximum Gasteiger partial charge on any atom is 0.343 e. The van der Waals surface area contributed by atoms with Crippen LogP contribution in [0, 0.1) is 0 Å². The average molecular weight is 313 g/mol. The van der Waals surface area contributed by atoms with E-state index in [0.29, 0.717) is 23.8 Å². The minimum Gasteiger partial charge on any atom is -0.507 e. The van der Waals surface area contributed by atoms with E-state index in [9.17, 15) is 9.90 Å². The number of carbonyl (C=O) groups excluding carboxylic acids is 1. The monoisotopic (exact) mass is 313 g/mol. The Hall–Kier alpha value is -2.89. The van der Waals surface area contributed by atoms with Gasteiger partial charge in [0, 0.05) is 19.8 Å². The summed E-state index contributed by atoms with van der Waals surface area (Å²) in [7, 11) is 1.79. The number of aromatic nitrogens is 2. The lowest BCUT2D eigenvalue weighted by atomic mass is 10.2. The highest BCUT2D eigenvalue weighted by Gasteiger charge is 2.19. The zero-order valence-corrected chi connectivity index (χ0v) is 13.2. The van der Waals surface area contributed by atoms with Crippen LogP contribution in [0.25, 0.3) is 11.4 Å². The van der Waals surface area contributed by atoms with E-state index in [1.807, 2.05) is 0 Å². The van der Waals surface area contributed by atoms with Gasteiger partial charge in [0.1, 0.15) is 17.1 Å². The SMILES string of the molecule is C=CCN(C)c1nc(-c2ccccc2O)ncc1C(=O)OCC. The number of hydrogen-bond acceptors (Lipinski definition) is 6. The molecular weight excluding hydrogens is 294 g/mol. The number of likely N-dealkylation sites (N-methyl/N-ethyl adjacent to an activating group) is 1. The normalized spacial score (nSPS) is 10.2. The molecule has 0 saturated carbocycles. The predicted octanol–water partition coefficient (Wildman–Crippen LogP) is 2.65. The number of aromatic hydroxyl groups is 1. The van der Waals surface area contributed by atoms with Gasteiger partial charge >= 0.3 is 5.97 Å². The summed E-state index contributed by atoms with van der Waals surface area (Å²) in [6.07, 6.45) is 3.12.